The number of aryl methyl sites for hydroxylation is 2. The molecule has 0 saturated heterocycles. The molecular formula is C22H21N5O3S. The van der Waals surface area contributed by atoms with Gasteiger partial charge in [-0.25, -0.2) is 9.78 Å². The van der Waals surface area contributed by atoms with E-state index < -0.39 is 11.8 Å². The number of thiazole rings is 1. The van der Waals surface area contributed by atoms with Crippen LogP contribution in [-0.2, 0) is 17.9 Å². The molecule has 0 radical (unpaired) electrons. The van der Waals surface area contributed by atoms with E-state index >= 15 is 0 Å². The number of hydrazine groups is 1. The minimum Gasteiger partial charge on any atom is -0.292 e. The van der Waals surface area contributed by atoms with Crippen LogP contribution >= 0.6 is 11.3 Å². The van der Waals surface area contributed by atoms with E-state index in [0.717, 1.165) is 16.1 Å². The van der Waals surface area contributed by atoms with E-state index in [4.69, 9.17) is 0 Å². The van der Waals surface area contributed by atoms with Crippen LogP contribution in [0.25, 0.3) is 21.6 Å². The molecule has 2 N–H and O–H groups in total. The Hall–Kier alpha value is -3.72. The number of nitrogens with zero attached hydrogens (tertiary/aromatic N) is 3. The largest absolute Gasteiger partial charge is 0.329 e. The highest BCUT2D eigenvalue weighted by molar-refractivity contribution is 7.17. The summed E-state index contributed by atoms with van der Waals surface area (Å²) in [5, 5.41) is 0.730. The highest BCUT2D eigenvalue weighted by Gasteiger charge is 2.18. The fourth-order valence-corrected chi connectivity index (χ4v) is 4.38. The molecule has 0 bridgehead atoms. The number of aromatic nitrogens is 3. The molecular weight excluding hydrogens is 414 g/mol. The van der Waals surface area contributed by atoms with Gasteiger partial charge >= 0.3 is 5.69 Å². The summed E-state index contributed by atoms with van der Waals surface area (Å²) in [6, 6.07) is 16.9. The Labute approximate surface area is 182 Å². The molecule has 9 heteroatoms. The van der Waals surface area contributed by atoms with Gasteiger partial charge in [-0.1, -0.05) is 42.5 Å². The Bertz CT molecular complexity index is 1320. The number of hydrogen-bond acceptors (Lipinski definition) is 5. The molecule has 2 aromatic carbocycles. The molecule has 0 spiro atoms. The fourth-order valence-electron chi connectivity index (χ4n) is 3.41. The Morgan fingerprint density at radius 3 is 2.29 bits per heavy atom. The summed E-state index contributed by atoms with van der Waals surface area (Å²) < 4.78 is 3.00. The van der Waals surface area contributed by atoms with Gasteiger partial charge in [-0.2, -0.15) is 0 Å². The van der Waals surface area contributed by atoms with Gasteiger partial charge in [-0.05, 0) is 26.0 Å². The number of hydrogen-bond donors (Lipinski definition) is 2. The van der Waals surface area contributed by atoms with Crippen molar-refractivity contribution in [2.45, 2.75) is 26.9 Å². The van der Waals surface area contributed by atoms with Crippen LogP contribution < -0.4 is 16.5 Å². The summed E-state index contributed by atoms with van der Waals surface area (Å²) in [6.07, 6.45) is 0. The zero-order valence-electron chi connectivity index (χ0n) is 17.1. The number of carbonyl (C=O) groups excluding carboxylic acids is 2. The van der Waals surface area contributed by atoms with Gasteiger partial charge in [0.2, 0.25) is 0 Å². The van der Waals surface area contributed by atoms with Crippen LogP contribution in [0.15, 0.2) is 59.4 Å². The molecule has 0 atom stereocenters. The van der Waals surface area contributed by atoms with Crippen molar-refractivity contribution in [3.63, 3.8) is 0 Å². The van der Waals surface area contributed by atoms with E-state index in [-0.39, 0.29) is 12.2 Å². The quantitative estimate of drug-likeness (QED) is 0.471. The van der Waals surface area contributed by atoms with Gasteiger partial charge in [-0.3, -0.25) is 29.6 Å². The van der Waals surface area contributed by atoms with E-state index in [1.165, 1.54) is 15.9 Å². The molecule has 2 heterocycles. The number of fused-ring (bicyclic) bond motifs is 1. The van der Waals surface area contributed by atoms with Crippen molar-refractivity contribution in [3.8, 4) is 10.6 Å². The molecule has 8 nitrogen and oxygen atoms in total. The first-order chi connectivity index (χ1) is 15.0. The first kappa shape index (κ1) is 20.5. The van der Waals surface area contributed by atoms with Crippen LogP contribution in [0.5, 0.6) is 0 Å². The second-order valence-corrected chi connectivity index (χ2v) is 7.90. The van der Waals surface area contributed by atoms with E-state index in [2.05, 4.69) is 15.8 Å². The van der Waals surface area contributed by atoms with Gasteiger partial charge in [0.15, 0.2) is 0 Å². The van der Waals surface area contributed by atoms with Gasteiger partial charge in [0.1, 0.15) is 16.4 Å². The molecule has 0 aliphatic rings. The summed E-state index contributed by atoms with van der Waals surface area (Å²) >= 11 is 1.25. The van der Waals surface area contributed by atoms with Crippen molar-refractivity contribution in [1.82, 2.24) is 25.0 Å². The third-order valence-corrected chi connectivity index (χ3v) is 6.09. The molecule has 0 fully saturated rings. The maximum Gasteiger partial charge on any atom is 0.329 e. The second kappa shape index (κ2) is 8.57. The van der Waals surface area contributed by atoms with Crippen molar-refractivity contribution in [3.05, 3.63) is 75.7 Å². The number of nitrogens with one attached hydrogen (secondary N) is 2. The van der Waals surface area contributed by atoms with Crippen molar-refractivity contribution in [2.24, 2.45) is 0 Å². The summed E-state index contributed by atoms with van der Waals surface area (Å²) in [7, 11) is 0. The molecule has 0 aliphatic heterocycles. The molecule has 158 valence electrons. The van der Waals surface area contributed by atoms with Crippen LogP contribution in [0, 0.1) is 6.92 Å². The summed E-state index contributed by atoms with van der Waals surface area (Å²) in [5.41, 5.74) is 7.49. The monoisotopic (exact) mass is 435 g/mol. The van der Waals surface area contributed by atoms with Gasteiger partial charge in [0.25, 0.3) is 11.8 Å². The zero-order valence-corrected chi connectivity index (χ0v) is 17.9. The van der Waals surface area contributed by atoms with Crippen molar-refractivity contribution in [1.29, 1.82) is 0 Å². The zero-order chi connectivity index (χ0) is 22.0. The molecule has 4 rings (SSSR count). The predicted octanol–water partition coefficient (Wildman–Crippen LogP) is 2.72. The van der Waals surface area contributed by atoms with E-state index in [1.54, 1.807) is 17.6 Å². The molecule has 0 saturated carbocycles. The van der Waals surface area contributed by atoms with Gasteiger partial charge < -0.3 is 0 Å². The number of rotatable bonds is 5. The predicted molar refractivity (Wildman–Crippen MR) is 120 cm³/mol. The third kappa shape index (κ3) is 3.99. The Balaban J connectivity index is 1.46. The highest BCUT2D eigenvalue weighted by atomic mass is 32.1. The minimum atomic E-state index is -0.500. The summed E-state index contributed by atoms with van der Waals surface area (Å²) in [5.74, 6) is -0.950. The Morgan fingerprint density at radius 2 is 1.61 bits per heavy atom. The van der Waals surface area contributed by atoms with Gasteiger partial charge in [0.05, 0.1) is 16.7 Å². The molecule has 0 aliphatic carbocycles. The minimum absolute atomic E-state index is 0.205. The fraction of sp³-hybridized carbons (Fsp3) is 0.182. The number of para-hydroxylation sites is 2. The van der Waals surface area contributed by atoms with Crippen LogP contribution in [-0.4, -0.2) is 25.9 Å². The standard InChI is InChI=1S/C22H21N5O3S/c1-3-26-16-11-7-8-12-17(16)27(22(26)30)13-18(28)24-25-20(29)19-14(2)23-21(31-19)15-9-5-4-6-10-15/h4-12H,3,13H2,1-2H3,(H,24,28)(H,25,29). The molecule has 4 aromatic rings. The third-order valence-electron chi connectivity index (χ3n) is 4.88. The number of benzene rings is 2. The van der Waals surface area contributed by atoms with Crippen molar-refractivity contribution < 1.29 is 9.59 Å². The molecule has 2 amide bonds. The Kier molecular flexibility index (Phi) is 5.68. The lowest BCUT2D eigenvalue weighted by atomic mass is 10.2. The summed E-state index contributed by atoms with van der Waals surface area (Å²) in [4.78, 5) is 42.5. The first-order valence-electron chi connectivity index (χ1n) is 9.79. The van der Waals surface area contributed by atoms with Crippen LogP contribution in [0.4, 0.5) is 0 Å². The van der Waals surface area contributed by atoms with Crippen molar-refractivity contribution in [2.75, 3.05) is 0 Å². The van der Waals surface area contributed by atoms with Crippen LogP contribution in [0.1, 0.15) is 22.3 Å². The lowest BCUT2D eigenvalue weighted by Crippen LogP contribution is -2.44. The van der Waals surface area contributed by atoms with E-state index in [9.17, 15) is 14.4 Å². The Morgan fingerprint density at radius 1 is 0.968 bits per heavy atom. The number of amides is 2. The van der Waals surface area contributed by atoms with Crippen molar-refractivity contribution >= 4 is 34.2 Å². The van der Waals surface area contributed by atoms with Gasteiger partial charge in [0, 0.05) is 12.1 Å². The lowest BCUT2D eigenvalue weighted by Gasteiger charge is -2.07. The topological polar surface area (TPSA) is 98.0 Å². The van der Waals surface area contributed by atoms with Crippen LogP contribution in [0.3, 0.4) is 0 Å². The lowest BCUT2D eigenvalue weighted by molar-refractivity contribution is -0.122. The second-order valence-electron chi connectivity index (χ2n) is 6.90. The maximum absolute atomic E-state index is 12.6. The maximum atomic E-state index is 12.6. The smallest absolute Gasteiger partial charge is 0.292 e. The molecule has 31 heavy (non-hydrogen) atoms. The van der Waals surface area contributed by atoms with Crippen LogP contribution in [0.2, 0.25) is 0 Å². The molecule has 2 aromatic heterocycles. The normalized spacial score (nSPS) is 10.9. The first-order valence-corrected chi connectivity index (χ1v) is 10.6. The SMILES string of the molecule is CCn1c(=O)n(CC(=O)NNC(=O)c2sc(-c3ccccc3)nc2C)c2ccccc21. The highest BCUT2D eigenvalue weighted by Crippen LogP contribution is 2.27. The molecule has 0 unspecified atom stereocenters. The van der Waals surface area contributed by atoms with E-state index in [0.29, 0.717) is 22.6 Å². The van der Waals surface area contributed by atoms with E-state index in [1.807, 2.05) is 55.5 Å². The average molecular weight is 436 g/mol. The summed E-state index contributed by atoms with van der Waals surface area (Å²) in [6.45, 7) is 3.92. The average Bonchev–Trinajstić information content (AvgIpc) is 3.30. The number of imidazole rings is 1. The number of carbonyl (C=O) groups is 2. The van der Waals surface area contributed by atoms with Gasteiger partial charge in [-0.15, -0.1) is 11.3 Å².